The number of hydrogen-bond acceptors (Lipinski definition) is 6. The van der Waals surface area contributed by atoms with Crippen LogP contribution < -0.4 is 15.6 Å². The third kappa shape index (κ3) is 5.46. The van der Waals surface area contributed by atoms with Gasteiger partial charge in [0.15, 0.2) is 0 Å². The number of rotatable bonds is 7. The number of aromatic nitrogens is 2. The van der Waals surface area contributed by atoms with Gasteiger partial charge in [-0.25, -0.2) is 4.98 Å². The summed E-state index contributed by atoms with van der Waals surface area (Å²) in [4.78, 5) is 43.6. The van der Waals surface area contributed by atoms with Crippen molar-refractivity contribution in [2.45, 2.75) is 32.1 Å². The van der Waals surface area contributed by atoms with Crippen LogP contribution in [-0.2, 0) is 16.0 Å². The highest BCUT2D eigenvalue weighted by atomic mass is 16.5. The number of methoxy groups -OCH3 is 2. The summed E-state index contributed by atoms with van der Waals surface area (Å²) in [6.45, 7) is 0.348. The second-order valence-corrected chi connectivity index (χ2v) is 7.49. The van der Waals surface area contributed by atoms with Crippen LogP contribution in [0.25, 0.3) is 0 Å². The van der Waals surface area contributed by atoms with Gasteiger partial charge in [-0.2, -0.15) is 0 Å². The maximum Gasteiger partial charge on any atom is 0.309 e. The predicted octanol–water partition coefficient (Wildman–Crippen LogP) is 2.08. The smallest absolute Gasteiger partial charge is 0.309 e. The molecule has 1 saturated carbocycles. The highest BCUT2D eigenvalue weighted by molar-refractivity contribution is 5.92. The number of H-pyrrole nitrogens is 1. The summed E-state index contributed by atoms with van der Waals surface area (Å²) >= 11 is 0. The molecule has 8 nitrogen and oxygen atoms in total. The van der Waals surface area contributed by atoms with Gasteiger partial charge in [0.1, 0.15) is 17.3 Å². The van der Waals surface area contributed by atoms with Crippen molar-refractivity contribution in [1.82, 2.24) is 15.3 Å². The Morgan fingerprint density at radius 2 is 1.90 bits per heavy atom. The molecular formula is C22H27N3O5. The van der Waals surface area contributed by atoms with E-state index in [4.69, 9.17) is 9.47 Å². The predicted molar refractivity (Wildman–Crippen MR) is 110 cm³/mol. The molecule has 0 aliphatic heterocycles. The number of carbonyl (C=O) groups excluding carboxylic acids is 2. The van der Waals surface area contributed by atoms with E-state index in [9.17, 15) is 14.4 Å². The van der Waals surface area contributed by atoms with E-state index in [-0.39, 0.29) is 29.1 Å². The lowest BCUT2D eigenvalue weighted by Gasteiger charge is -2.29. The average Bonchev–Trinajstić information content (AvgIpc) is 2.77. The lowest BCUT2D eigenvalue weighted by molar-refractivity contribution is -0.148. The first-order chi connectivity index (χ1) is 14.5. The van der Waals surface area contributed by atoms with Gasteiger partial charge < -0.3 is 19.8 Å². The maximum atomic E-state index is 12.6. The number of nitrogens with one attached hydrogen (secondary N) is 2. The Bertz CT molecular complexity index is 939. The molecule has 2 N–H and O–H groups in total. The third-order valence-corrected chi connectivity index (χ3v) is 5.49. The molecule has 2 unspecified atom stereocenters. The summed E-state index contributed by atoms with van der Waals surface area (Å²) in [6.07, 6.45) is 4.00. The van der Waals surface area contributed by atoms with E-state index in [1.807, 2.05) is 24.3 Å². The van der Waals surface area contributed by atoms with E-state index in [0.29, 0.717) is 18.8 Å². The molecule has 1 aliphatic rings. The fourth-order valence-electron chi connectivity index (χ4n) is 3.87. The first kappa shape index (κ1) is 21.5. The summed E-state index contributed by atoms with van der Waals surface area (Å²) in [5.74, 6) is 0.304. The summed E-state index contributed by atoms with van der Waals surface area (Å²) in [7, 11) is 2.98. The van der Waals surface area contributed by atoms with E-state index >= 15 is 0 Å². The largest absolute Gasteiger partial charge is 0.497 e. The van der Waals surface area contributed by atoms with E-state index < -0.39 is 5.91 Å². The minimum absolute atomic E-state index is 0.0240. The van der Waals surface area contributed by atoms with Crippen molar-refractivity contribution in [2.75, 3.05) is 20.8 Å². The number of aromatic amines is 1. The molecule has 160 valence electrons. The molecule has 2 aromatic rings. The molecule has 1 fully saturated rings. The highest BCUT2D eigenvalue weighted by Gasteiger charge is 2.32. The Hall–Kier alpha value is -3.16. The summed E-state index contributed by atoms with van der Waals surface area (Å²) < 4.78 is 10.0. The van der Waals surface area contributed by atoms with Gasteiger partial charge in [-0.05, 0) is 36.5 Å². The van der Waals surface area contributed by atoms with Crippen molar-refractivity contribution in [3.8, 4) is 5.75 Å². The van der Waals surface area contributed by atoms with Crippen LogP contribution in [0.1, 0.15) is 47.6 Å². The first-order valence-electron chi connectivity index (χ1n) is 10.1. The molecule has 1 amide bonds. The first-order valence-corrected chi connectivity index (χ1v) is 10.1. The minimum Gasteiger partial charge on any atom is -0.497 e. The van der Waals surface area contributed by atoms with Gasteiger partial charge in [0.05, 0.1) is 20.1 Å². The SMILES string of the molecule is COC(=O)C1CCCCC1CNC(=O)c1cc(=O)[nH]c(Cc2ccc(OC)cc2)n1. The number of carbonyl (C=O) groups is 2. The van der Waals surface area contributed by atoms with Gasteiger partial charge in [0.25, 0.3) is 11.5 Å². The lowest BCUT2D eigenvalue weighted by Crippen LogP contribution is -2.38. The van der Waals surface area contributed by atoms with Crippen molar-refractivity contribution >= 4 is 11.9 Å². The Labute approximate surface area is 175 Å². The Morgan fingerprint density at radius 1 is 1.17 bits per heavy atom. The molecule has 0 radical (unpaired) electrons. The maximum absolute atomic E-state index is 12.6. The molecule has 0 saturated heterocycles. The van der Waals surface area contributed by atoms with Crippen molar-refractivity contribution in [1.29, 1.82) is 0 Å². The molecule has 2 atom stereocenters. The van der Waals surface area contributed by atoms with Crippen molar-refractivity contribution in [2.24, 2.45) is 11.8 Å². The quantitative estimate of drug-likeness (QED) is 0.673. The monoisotopic (exact) mass is 413 g/mol. The van der Waals surface area contributed by atoms with Gasteiger partial charge >= 0.3 is 5.97 Å². The zero-order chi connectivity index (χ0) is 21.5. The van der Waals surface area contributed by atoms with Crippen molar-refractivity contribution in [3.05, 3.63) is 57.8 Å². The van der Waals surface area contributed by atoms with E-state index in [0.717, 1.165) is 37.0 Å². The van der Waals surface area contributed by atoms with Crippen LogP contribution in [0.2, 0.25) is 0 Å². The van der Waals surface area contributed by atoms with Crippen LogP contribution in [0, 0.1) is 11.8 Å². The molecule has 1 aliphatic carbocycles. The number of esters is 1. The number of amides is 1. The summed E-state index contributed by atoms with van der Waals surface area (Å²) in [6, 6.07) is 8.59. The zero-order valence-electron chi connectivity index (χ0n) is 17.3. The van der Waals surface area contributed by atoms with Crippen LogP contribution in [0.3, 0.4) is 0 Å². The fourth-order valence-corrected chi connectivity index (χ4v) is 3.87. The lowest BCUT2D eigenvalue weighted by atomic mass is 9.79. The van der Waals surface area contributed by atoms with Crippen LogP contribution in [0.15, 0.2) is 35.1 Å². The van der Waals surface area contributed by atoms with Gasteiger partial charge in [-0.15, -0.1) is 0 Å². The van der Waals surface area contributed by atoms with Crippen LogP contribution >= 0.6 is 0 Å². The number of benzene rings is 1. The molecule has 30 heavy (non-hydrogen) atoms. The topological polar surface area (TPSA) is 110 Å². The highest BCUT2D eigenvalue weighted by Crippen LogP contribution is 2.30. The standard InChI is InChI=1S/C22H27N3O5/c1-29-16-9-7-14(8-10-16)11-19-24-18(12-20(26)25-19)21(27)23-13-15-5-3-4-6-17(15)22(28)30-2/h7-10,12,15,17H,3-6,11,13H2,1-2H3,(H,23,27)(H,24,25,26). The van der Waals surface area contributed by atoms with Crippen LogP contribution in [0.4, 0.5) is 0 Å². The fraction of sp³-hybridized carbons (Fsp3) is 0.455. The second kappa shape index (κ2) is 10.0. The van der Waals surface area contributed by atoms with Gasteiger partial charge in [0, 0.05) is 19.0 Å². The van der Waals surface area contributed by atoms with E-state index in [2.05, 4.69) is 15.3 Å². The van der Waals surface area contributed by atoms with E-state index in [1.54, 1.807) is 7.11 Å². The van der Waals surface area contributed by atoms with Gasteiger partial charge in [0.2, 0.25) is 0 Å². The van der Waals surface area contributed by atoms with Gasteiger partial charge in [-0.1, -0.05) is 25.0 Å². The zero-order valence-corrected chi connectivity index (χ0v) is 17.3. The number of ether oxygens (including phenoxy) is 2. The molecule has 0 spiro atoms. The molecule has 1 aromatic heterocycles. The Balaban J connectivity index is 1.66. The molecule has 8 heteroatoms. The molecule has 0 bridgehead atoms. The Kier molecular flexibility index (Phi) is 7.21. The minimum atomic E-state index is -0.425. The normalized spacial score (nSPS) is 18.5. The van der Waals surface area contributed by atoms with E-state index in [1.165, 1.54) is 13.2 Å². The van der Waals surface area contributed by atoms with Crippen LogP contribution in [-0.4, -0.2) is 42.6 Å². The molecule has 1 heterocycles. The molecular weight excluding hydrogens is 386 g/mol. The third-order valence-electron chi connectivity index (χ3n) is 5.49. The second-order valence-electron chi connectivity index (χ2n) is 7.49. The molecule has 3 rings (SSSR count). The average molecular weight is 413 g/mol. The summed E-state index contributed by atoms with van der Waals surface area (Å²) in [5, 5.41) is 2.83. The molecule has 1 aromatic carbocycles. The number of nitrogens with zero attached hydrogens (tertiary/aromatic N) is 1. The van der Waals surface area contributed by atoms with Gasteiger partial charge in [-0.3, -0.25) is 14.4 Å². The van der Waals surface area contributed by atoms with Crippen LogP contribution in [0.5, 0.6) is 5.75 Å². The van der Waals surface area contributed by atoms with Crippen molar-refractivity contribution < 1.29 is 19.1 Å². The summed E-state index contributed by atoms with van der Waals surface area (Å²) in [5.41, 5.74) is 0.607. The Morgan fingerprint density at radius 3 is 2.60 bits per heavy atom. The number of hydrogen-bond donors (Lipinski definition) is 2. The van der Waals surface area contributed by atoms with Crippen molar-refractivity contribution in [3.63, 3.8) is 0 Å².